The molecule has 2 rings (SSSR count). The highest BCUT2D eigenvalue weighted by molar-refractivity contribution is 6.05. The summed E-state index contributed by atoms with van der Waals surface area (Å²) in [4.78, 5) is 13.9. The molecule has 0 aliphatic heterocycles. The zero-order chi connectivity index (χ0) is 13.8. The largest absolute Gasteiger partial charge is 0.508 e. The van der Waals surface area contributed by atoms with E-state index >= 15 is 0 Å². The minimum absolute atomic E-state index is 0.0933. The standard InChI is InChI=1S/C16H17NO2/c1-3-12-4-8-14(9-5-12)17(2)16(19)13-6-10-15(18)11-7-13/h4-11,18H,3H2,1-2H3. The van der Waals surface area contributed by atoms with Crippen molar-refractivity contribution in [3.8, 4) is 5.75 Å². The van der Waals surface area contributed by atoms with E-state index in [4.69, 9.17) is 0 Å². The third kappa shape index (κ3) is 2.94. The molecule has 1 amide bonds. The summed E-state index contributed by atoms with van der Waals surface area (Å²) < 4.78 is 0. The number of carbonyl (C=O) groups excluding carboxylic acids is 1. The van der Waals surface area contributed by atoms with Gasteiger partial charge in [0.2, 0.25) is 0 Å². The first-order chi connectivity index (χ1) is 9.11. The summed E-state index contributed by atoms with van der Waals surface area (Å²) >= 11 is 0. The number of phenols is 1. The predicted molar refractivity (Wildman–Crippen MR) is 76.7 cm³/mol. The third-order valence-corrected chi connectivity index (χ3v) is 3.15. The number of nitrogens with zero attached hydrogens (tertiary/aromatic N) is 1. The Balaban J connectivity index is 2.20. The van der Waals surface area contributed by atoms with E-state index in [2.05, 4.69) is 6.92 Å². The van der Waals surface area contributed by atoms with E-state index < -0.39 is 0 Å². The molecule has 0 aliphatic carbocycles. The van der Waals surface area contributed by atoms with Gasteiger partial charge in [-0.25, -0.2) is 0 Å². The fraction of sp³-hybridized carbons (Fsp3) is 0.188. The fourth-order valence-electron chi connectivity index (χ4n) is 1.87. The highest BCUT2D eigenvalue weighted by atomic mass is 16.3. The van der Waals surface area contributed by atoms with Crippen molar-refractivity contribution in [3.63, 3.8) is 0 Å². The van der Waals surface area contributed by atoms with E-state index in [1.54, 1.807) is 24.1 Å². The quantitative estimate of drug-likeness (QED) is 0.914. The van der Waals surface area contributed by atoms with Crippen LogP contribution in [0.4, 0.5) is 5.69 Å². The molecule has 0 aliphatic rings. The maximum Gasteiger partial charge on any atom is 0.258 e. The van der Waals surface area contributed by atoms with Gasteiger partial charge in [-0.15, -0.1) is 0 Å². The Morgan fingerprint density at radius 1 is 1.05 bits per heavy atom. The Morgan fingerprint density at radius 2 is 1.63 bits per heavy atom. The van der Waals surface area contributed by atoms with Crippen LogP contribution in [0, 0.1) is 0 Å². The Labute approximate surface area is 113 Å². The highest BCUT2D eigenvalue weighted by Gasteiger charge is 2.13. The van der Waals surface area contributed by atoms with Gasteiger partial charge in [-0.05, 0) is 48.4 Å². The molecule has 2 aromatic rings. The summed E-state index contributed by atoms with van der Waals surface area (Å²) in [5.74, 6) is 0.0655. The average Bonchev–Trinajstić information content (AvgIpc) is 2.46. The maximum absolute atomic E-state index is 12.3. The molecule has 0 unspecified atom stereocenters. The number of benzene rings is 2. The van der Waals surface area contributed by atoms with Crippen molar-refractivity contribution in [2.24, 2.45) is 0 Å². The molecule has 1 N–H and O–H groups in total. The van der Waals surface area contributed by atoms with Gasteiger partial charge < -0.3 is 10.0 Å². The molecule has 0 heterocycles. The van der Waals surface area contributed by atoms with E-state index in [1.807, 2.05) is 24.3 Å². The van der Waals surface area contributed by atoms with Crippen molar-refractivity contribution in [2.75, 3.05) is 11.9 Å². The van der Waals surface area contributed by atoms with Crippen LogP contribution in [0.25, 0.3) is 0 Å². The van der Waals surface area contributed by atoms with Crippen LogP contribution < -0.4 is 4.90 Å². The smallest absolute Gasteiger partial charge is 0.258 e. The zero-order valence-corrected chi connectivity index (χ0v) is 11.1. The van der Waals surface area contributed by atoms with Crippen molar-refractivity contribution >= 4 is 11.6 Å². The number of aromatic hydroxyl groups is 1. The van der Waals surface area contributed by atoms with E-state index in [-0.39, 0.29) is 11.7 Å². The Kier molecular flexibility index (Phi) is 3.85. The summed E-state index contributed by atoms with van der Waals surface area (Å²) in [7, 11) is 1.75. The molecule has 3 nitrogen and oxygen atoms in total. The number of amides is 1. The first-order valence-electron chi connectivity index (χ1n) is 6.28. The van der Waals surface area contributed by atoms with Gasteiger partial charge in [0.05, 0.1) is 0 Å². The molecule has 0 atom stereocenters. The van der Waals surface area contributed by atoms with Crippen LogP contribution in [0.1, 0.15) is 22.8 Å². The molecular formula is C16H17NO2. The summed E-state index contributed by atoms with van der Waals surface area (Å²) in [5, 5.41) is 9.23. The first kappa shape index (κ1) is 13.1. The van der Waals surface area contributed by atoms with Crippen LogP contribution in [0.3, 0.4) is 0 Å². The monoisotopic (exact) mass is 255 g/mol. The Hall–Kier alpha value is -2.29. The second-order valence-corrected chi connectivity index (χ2v) is 4.43. The lowest BCUT2D eigenvalue weighted by Crippen LogP contribution is -2.26. The number of rotatable bonds is 3. The summed E-state index contributed by atoms with van der Waals surface area (Å²) in [5.41, 5.74) is 2.66. The van der Waals surface area contributed by atoms with Gasteiger partial charge in [0.15, 0.2) is 0 Å². The van der Waals surface area contributed by atoms with Crippen LogP contribution in [0.15, 0.2) is 48.5 Å². The molecule has 3 heteroatoms. The lowest BCUT2D eigenvalue weighted by molar-refractivity contribution is 0.0993. The van der Waals surface area contributed by atoms with E-state index in [1.165, 1.54) is 17.7 Å². The molecule has 0 fully saturated rings. The molecule has 0 aromatic heterocycles. The van der Waals surface area contributed by atoms with Crippen molar-refractivity contribution < 1.29 is 9.90 Å². The molecule has 0 bridgehead atoms. The van der Waals surface area contributed by atoms with Gasteiger partial charge in [0, 0.05) is 18.3 Å². The average molecular weight is 255 g/mol. The normalized spacial score (nSPS) is 10.2. The van der Waals surface area contributed by atoms with Crippen LogP contribution in [0.2, 0.25) is 0 Å². The first-order valence-corrected chi connectivity index (χ1v) is 6.28. The molecule has 0 spiro atoms. The summed E-state index contributed by atoms with van der Waals surface area (Å²) in [6, 6.07) is 14.2. The van der Waals surface area contributed by atoms with Crippen molar-refractivity contribution in [1.82, 2.24) is 0 Å². The van der Waals surface area contributed by atoms with Crippen LogP contribution in [0.5, 0.6) is 5.75 Å². The van der Waals surface area contributed by atoms with Gasteiger partial charge >= 0.3 is 0 Å². The SMILES string of the molecule is CCc1ccc(N(C)C(=O)c2ccc(O)cc2)cc1. The topological polar surface area (TPSA) is 40.5 Å². The molecule has 0 radical (unpaired) electrons. The zero-order valence-electron chi connectivity index (χ0n) is 11.1. The van der Waals surface area contributed by atoms with Gasteiger partial charge in [0.1, 0.15) is 5.75 Å². The van der Waals surface area contributed by atoms with Crippen molar-refractivity contribution in [1.29, 1.82) is 0 Å². The van der Waals surface area contributed by atoms with Crippen LogP contribution >= 0.6 is 0 Å². The number of anilines is 1. The molecular weight excluding hydrogens is 238 g/mol. The fourth-order valence-corrected chi connectivity index (χ4v) is 1.87. The molecule has 0 saturated carbocycles. The lowest BCUT2D eigenvalue weighted by atomic mass is 10.1. The second-order valence-electron chi connectivity index (χ2n) is 4.43. The number of hydrogen-bond donors (Lipinski definition) is 1. The number of aryl methyl sites for hydroxylation is 1. The molecule has 0 saturated heterocycles. The summed E-state index contributed by atoms with van der Waals surface area (Å²) in [6.45, 7) is 2.10. The maximum atomic E-state index is 12.3. The molecule has 19 heavy (non-hydrogen) atoms. The van der Waals surface area contributed by atoms with Crippen LogP contribution in [-0.4, -0.2) is 18.1 Å². The van der Waals surface area contributed by atoms with Crippen molar-refractivity contribution in [2.45, 2.75) is 13.3 Å². The van der Waals surface area contributed by atoms with Crippen molar-refractivity contribution in [3.05, 3.63) is 59.7 Å². The van der Waals surface area contributed by atoms with Gasteiger partial charge in [-0.2, -0.15) is 0 Å². The molecule has 98 valence electrons. The van der Waals surface area contributed by atoms with Crippen LogP contribution in [-0.2, 0) is 6.42 Å². The number of phenolic OH excluding ortho intramolecular Hbond substituents is 1. The third-order valence-electron chi connectivity index (χ3n) is 3.15. The number of hydrogen-bond acceptors (Lipinski definition) is 2. The van der Waals surface area contributed by atoms with Gasteiger partial charge in [0.25, 0.3) is 5.91 Å². The van der Waals surface area contributed by atoms with E-state index in [9.17, 15) is 9.90 Å². The Morgan fingerprint density at radius 3 is 2.16 bits per heavy atom. The highest BCUT2D eigenvalue weighted by Crippen LogP contribution is 2.18. The second kappa shape index (κ2) is 5.57. The Bertz CT molecular complexity index is 558. The minimum atomic E-state index is -0.0933. The lowest BCUT2D eigenvalue weighted by Gasteiger charge is -2.17. The van der Waals surface area contributed by atoms with E-state index in [0.717, 1.165) is 12.1 Å². The predicted octanol–water partition coefficient (Wildman–Crippen LogP) is 3.23. The number of carbonyl (C=O) groups is 1. The minimum Gasteiger partial charge on any atom is -0.508 e. The van der Waals surface area contributed by atoms with Gasteiger partial charge in [-0.1, -0.05) is 19.1 Å². The summed E-state index contributed by atoms with van der Waals surface area (Å²) in [6.07, 6.45) is 0.982. The van der Waals surface area contributed by atoms with Gasteiger partial charge in [-0.3, -0.25) is 4.79 Å². The van der Waals surface area contributed by atoms with E-state index in [0.29, 0.717) is 5.56 Å². The molecule has 2 aromatic carbocycles.